The van der Waals surface area contributed by atoms with Crippen molar-refractivity contribution in [1.82, 2.24) is 20.2 Å². The molecule has 1 fully saturated rings. The number of hydrogen-bond donors (Lipinski definition) is 1. The van der Waals surface area contributed by atoms with Crippen LogP contribution in [0.25, 0.3) is 0 Å². The van der Waals surface area contributed by atoms with Gasteiger partial charge in [-0.15, -0.1) is 0 Å². The summed E-state index contributed by atoms with van der Waals surface area (Å²) in [5.41, 5.74) is 0.373. The lowest BCUT2D eigenvalue weighted by atomic mass is 10.0. The number of nitrogens with zero attached hydrogens (tertiary/aromatic N) is 3. The van der Waals surface area contributed by atoms with Crippen LogP contribution in [0.4, 0.5) is 22.0 Å². The molecule has 0 radical (unpaired) electrons. The number of likely N-dealkylation sites (tertiary alicyclic amines) is 1. The largest absolute Gasteiger partial charge is 0.451 e. The van der Waals surface area contributed by atoms with Gasteiger partial charge in [0.05, 0.1) is 21.7 Å². The van der Waals surface area contributed by atoms with E-state index < -0.39 is 42.7 Å². The van der Waals surface area contributed by atoms with E-state index >= 15 is 0 Å². The molecule has 12 heteroatoms. The van der Waals surface area contributed by atoms with Crippen LogP contribution in [0.1, 0.15) is 40.6 Å². The molecule has 1 atom stereocenters. The highest BCUT2D eigenvalue weighted by molar-refractivity contribution is 6.43. The van der Waals surface area contributed by atoms with Crippen LogP contribution in [0.15, 0.2) is 30.6 Å². The highest BCUT2D eigenvalue weighted by Gasteiger charge is 2.38. The van der Waals surface area contributed by atoms with Crippen molar-refractivity contribution < 1.29 is 26.7 Å². The summed E-state index contributed by atoms with van der Waals surface area (Å²) in [5, 5.41) is 2.87. The fraction of sp³-hybridized carbons (Fsp3) is 0.421. The number of carbonyl (C=O) groups is 1. The molecule has 0 saturated carbocycles. The summed E-state index contributed by atoms with van der Waals surface area (Å²) in [4.78, 5) is 20.9. The Morgan fingerprint density at radius 1 is 1.16 bits per heavy atom. The number of alkyl halides is 5. The van der Waals surface area contributed by atoms with Crippen LogP contribution < -0.4 is 5.32 Å². The quantitative estimate of drug-likeness (QED) is 0.609. The van der Waals surface area contributed by atoms with Crippen LogP contribution in [0.2, 0.25) is 10.0 Å². The van der Waals surface area contributed by atoms with Crippen molar-refractivity contribution in [3.05, 3.63) is 57.6 Å². The Morgan fingerprint density at radius 3 is 2.35 bits per heavy atom. The maximum Gasteiger partial charge on any atom is 0.451 e. The van der Waals surface area contributed by atoms with E-state index in [1.165, 1.54) is 18.2 Å². The number of benzene rings is 1. The first-order chi connectivity index (χ1) is 14.5. The van der Waals surface area contributed by atoms with Crippen LogP contribution in [0.5, 0.6) is 0 Å². The van der Waals surface area contributed by atoms with E-state index in [4.69, 9.17) is 23.2 Å². The van der Waals surface area contributed by atoms with Crippen molar-refractivity contribution in [2.45, 2.75) is 31.0 Å². The third-order valence-electron chi connectivity index (χ3n) is 4.93. The molecular weight excluding hydrogens is 466 g/mol. The lowest BCUT2D eigenvalue weighted by Crippen LogP contribution is -2.45. The normalized spacial score (nSPS) is 17.9. The Balaban J connectivity index is 1.80. The molecule has 31 heavy (non-hydrogen) atoms. The summed E-state index contributed by atoms with van der Waals surface area (Å²) < 4.78 is 65.5. The third-order valence-corrected chi connectivity index (χ3v) is 5.75. The van der Waals surface area contributed by atoms with Crippen LogP contribution in [-0.4, -0.2) is 46.3 Å². The van der Waals surface area contributed by atoms with Crippen molar-refractivity contribution >= 4 is 29.1 Å². The second kappa shape index (κ2) is 9.22. The fourth-order valence-electron chi connectivity index (χ4n) is 3.24. The van der Waals surface area contributed by atoms with E-state index in [0.717, 1.165) is 12.4 Å². The summed E-state index contributed by atoms with van der Waals surface area (Å²) in [6.45, 7) is -0.0963. The number of rotatable bonds is 5. The molecular formula is C19H17Cl2F5N4O. The van der Waals surface area contributed by atoms with Gasteiger partial charge < -0.3 is 5.32 Å². The van der Waals surface area contributed by atoms with Gasteiger partial charge in [0.15, 0.2) is 0 Å². The van der Waals surface area contributed by atoms with E-state index in [1.807, 2.05) is 0 Å². The number of carbonyl (C=O) groups excluding carboxylic acids is 1. The molecule has 5 nitrogen and oxygen atoms in total. The second-order valence-corrected chi connectivity index (χ2v) is 7.84. The molecule has 3 rings (SSSR count). The summed E-state index contributed by atoms with van der Waals surface area (Å²) in [6, 6.07) is 3.80. The minimum Gasteiger partial charge on any atom is -0.350 e. The average Bonchev–Trinajstić information content (AvgIpc) is 2.70. The maximum atomic E-state index is 13.6. The lowest BCUT2D eigenvalue weighted by Gasteiger charge is -2.37. The Bertz CT molecular complexity index is 930. The number of piperidine rings is 1. The average molecular weight is 483 g/mol. The molecule has 168 valence electrons. The van der Waals surface area contributed by atoms with Crippen molar-refractivity contribution in [2.75, 3.05) is 19.6 Å². The van der Waals surface area contributed by atoms with Gasteiger partial charge in [-0.1, -0.05) is 29.3 Å². The highest BCUT2D eigenvalue weighted by Crippen LogP contribution is 2.33. The third kappa shape index (κ3) is 5.81. The topological polar surface area (TPSA) is 58.1 Å². The van der Waals surface area contributed by atoms with Gasteiger partial charge in [0.2, 0.25) is 5.82 Å². The fourth-order valence-corrected chi connectivity index (χ4v) is 3.63. The smallest absolute Gasteiger partial charge is 0.350 e. The van der Waals surface area contributed by atoms with E-state index in [0.29, 0.717) is 0 Å². The summed E-state index contributed by atoms with van der Waals surface area (Å²) in [6.07, 6.45) is -3.53. The lowest BCUT2D eigenvalue weighted by molar-refractivity contribution is -0.145. The van der Waals surface area contributed by atoms with Crippen molar-refractivity contribution in [3.63, 3.8) is 0 Å². The Kier molecular flexibility index (Phi) is 7.02. The number of nitrogens with one attached hydrogen (secondary N) is 1. The zero-order valence-corrected chi connectivity index (χ0v) is 17.4. The van der Waals surface area contributed by atoms with Gasteiger partial charge in [-0.2, -0.15) is 13.2 Å². The zero-order chi connectivity index (χ0) is 22.8. The minimum absolute atomic E-state index is 0.00746. The predicted molar refractivity (Wildman–Crippen MR) is 104 cm³/mol. The van der Waals surface area contributed by atoms with Crippen LogP contribution in [0.3, 0.4) is 0 Å². The first-order valence-electron chi connectivity index (χ1n) is 9.21. The number of aromatic nitrogens is 2. The summed E-state index contributed by atoms with van der Waals surface area (Å²) in [7, 11) is 0. The summed E-state index contributed by atoms with van der Waals surface area (Å²) >= 11 is 12.0. The number of halogens is 7. The molecule has 0 aliphatic carbocycles. The van der Waals surface area contributed by atoms with Gasteiger partial charge >= 0.3 is 6.18 Å². The van der Waals surface area contributed by atoms with Gasteiger partial charge in [0, 0.05) is 50.4 Å². The predicted octanol–water partition coefficient (Wildman–Crippen LogP) is 5.00. The Labute approximate surface area is 184 Å². The van der Waals surface area contributed by atoms with E-state index in [1.54, 1.807) is 4.90 Å². The Morgan fingerprint density at radius 2 is 1.77 bits per heavy atom. The molecule has 1 N–H and O–H groups in total. The maximum absolute atomic E-state index is 13.6. The number of amides is 1. The molecule has 1 aromatic carbocycles. The SMILES string of the molecule is O=C(NCC(c1cnc(C(F)(F)F)nc1)N1CCC(F)(F)CC1)c1cccc(Cl)c1Cl. The first kappa shape index (κ1) is 23.6. The minimum atomic E-state index is -4.71. The van der Waals surface area contributed by atoms with E-state index in [-0.39, 0.29) is 40.8 Å². The molecule has 1 aromatic heterocycles. The van der Waals surface area contributed by atoms with Gasteiger partial charge in [0.25, 0.3) is 11.8 Å². The standard InChI is InChI=1S/C19H17Cl2F5N4O/c20-13-3-1-2-12(15(13)21)16(31)27-10-14(30-6-4-18(22,23)5-7-30)11-8-28-17(29-9-11)19(24,25)26/h1-3,8-9,14H,4-7,10H2,(H,27,31). The molecule has 2 aromatic rings. The van der Waals surface area contributed by atoms with E-state index in [9.17, 15) is 26.7 Å². The summed E-state index contributed by atoms with van der Waals surface area (Å²) in [5.74, 6) is -4.68. The van der Waals surface area contributed by atoms with Gasteiger partial charge in [-0.05, 0) is 12.1 Å². The Hall–Kier alpha value is -2.04. The van der Waals surface area contributed by atoms with Gasteiger partial charge in [0.1, 0.15) is 0 Å². The first-order valence-corrected chi connectivity index (χ1v) is 9.97. The molecule has 2 heterocycles. The molecule has 1 amide bonds. The second-order valence-electron chi connectivity index (χ2n) is 7.06. The van der Waals surface area contributed by atoms with Crippen LogP contribution >= 0.6 is 23.2 Å². The van der Waals surface area contributed by atoms with Crippen molar-refractivity contribution in [2.24, 2.45) is 0 Å². The number of hydrogen-bond acceptors (Lipinski definition) is 4. The monoisotopic (exact) mass is 482 g/mol. The van der Waals surface area contributed by atoms with Gasteiger partial charge in [-0.3, -0.25) is 9.69 Å². The van der Waals surface area contributed by atoms with Gasteiger partial charge in [-0.25, -0.2) is 18.7 Å². The highest BCUT2D eigenvalue weighted by atomic mass is 35.5. The molecule has 0 spiro atoms. The zero-order valence-electron chi connectivity index (χ0n) is 15.9. The van der Waals surface area contributed by atoms with Crippen LogP contribution in [-0.2, 0) is 6.18 Å². The van der Waals surface area contributed by atoms with Crippen molar-refractivity contribution in [3.8, 4) is 0 Å². The molecule has 0 bridgehead atoms. The molecule has 1 aliphatic rings. The molecule has 1 aliphatic heterocycles. The molecule has 1 saturated heterocycles. The van der Waals surface area contributed by atoms with E-state index in [2.05, 4.69) is 15.3 Å². The van der Waals surface area contributed by atoms with Crippen LogP contribution in [0, 0.1) is 0 Å². The van der Waals surface area contributed by atoms with Crippen molar-refractivity contribution in [1.29, 1.82) is 0 Å². The molecule has 1 unspecified atom stereocenters.